The minimum atomic E-state index is -4.53. The molecule has 1 aromatic rings. The Morgan fingerprint density at radius 1 is 1.19 bits per heavy atom. The van der Waals surface area contributed by atoms with E-state index < -0.39 is 11.9 Å². The zero-order valence-electron chi connectivity index (χ0n) is 14.9. The first kappa shape index (κ1) is 20.2. The van der Waals surface area contributed by atoms with Crippen molar-refractivity contribution < 1.29 is 22.8 Å². The van der Waals surface area contributed by atoms with E-state index >= 15 is 0 Å². The lowest BCUT2D eigenvalue weighted by molar-refractivity contribution is -0.141. The monoisotopic (exact) mass is 372 g/mol. The Labute approximate surface area is 150 Å². The number of hydrogen-bond donors (Lipinski definition) is 1. The van der Waals surface area contributed by atoms with E-state index in [1.165, 1.54) is 13.0 Å². The second-order valence-electron chi connectivity index (χ2n) is 6.25. The van der Waals surface area contributed by atoms with Gasteiger partial charge in [-0.05, 0) is 25.5 Å². The number of hydrogen-bond acceptors (Lipinski definition) is 4. The van der Waals surface area contributed by atoms with Crippen LogP contribution < -0.4 is 5.32 Å². The van der Waals surface area contributed by atoms with Crippen LogP contribution in [0.3, 0.4) is 0 Å². The van der Waals surface area contributed by atoms with E-state index in [4.69, 9.17) is 0 Å². The predicted octanol–water partition coefficient (Wildman–Crippen LogP) is 1.69. The normalized spacial score (nSPS) is 15.8. The lowest BCUT2D eigenvalue weighted by Crippen LogP contribution is -2.51. The fourth-order valence-electron chi connectivity index (χ4n) is 2.75. The second kappa shape index (κ2) is 8.48. The molecule has 0 spiro atoms. The van der Waals surface area contributed by atoms with E-state index in [0.29, 0.717) is 32.7 Å². The van der Waals surface area contributed by atoms with Crippen molar-refractivity contribution in [3.05, 3.63) is 29.1 Å². The molecule has 2 heterocycles. The fourth-order valence-corrected chi connectivity index (χ4v) is 2.75. The highest BCUT2D eigenvalue weighted by Gasteiger charge is 2.33. The van der Waals surface area contributed by atoms with Gasteiger partial charge in [0.1, 0.15) is 5.69 Å². The summed E-state index contributed by atoms with van der Waals surface area (Å²) in [4.78, 5) is 31.3. The molecule has 6 nitrogen and oxygen atoms in total. The number of piperazine rings is 1. The third-order valence-electron chi connectivity index (χ3n) is 4.21. The number of aromatic nitrogens is 1. The van der Waals surface area contributed by atoms with Crippen LogP contribution in [0.4, 0.5) is 13.2 Å². The molecule has 1 saturated heterocycles. The van der Waals surface area contributed by atoms with Gasteiger partial charge in [0, 0.05) is 32.7 Å². The molecule has 0 saturated carbocycles. The second-order valence-corrected chi connectivity index (χ2v) is 6.25. The Bertz CT molecular complexity index is 656. The number of rotatable bonds is 5. The number of nitrogens with zero attached hydrogens (tertiary/aromatic N) is 3. The summed E-state index contributed by atoms with van der Waals surface area (Å²) in [5.74, 6) is -0.381. The predicted molar refractivity (Wildman–Crippen MR) is 89.6 cm³/mol. The van der Waals surface area contributed by atoms with E-state index in [9.17, 15) is 22.8 Å². The molecule has 0 aliphatic carbocycles. The number of halogens is 3. The zero-order chi connectivity index (χ0) is 19.3. The maximum atomic E-state index is 12.7. The minimum absolute atomic E-state index is 0.0468. The molecule has 0 atom stereocenters. The first-order valence-corrected chi connectivity index (χ1v) is 8.55. The molecule has 0 unspecified atom stereocenters. The molecule has 1 N–H and O–H groups in total. The Morgan fingerprint density at radius 2 is 1.85 bits per heavy atom. The summed E-state index contributed by atoms with van der Waals surface area (Å²) >= 11 is 0. The zero-order valence-corrected chi connectivity index (χ0v) is 14.9. The summed E-state index contributed by atoms with van der Waals surface area (Å²) in [6, 6.07) is 2.01. The first-order valence-electron chi connectivity index (χ1n) is 8.55. The van der Waals surface area contributed by atoms with Crippen LogP contribution >= 0.6 is 0 Å². The summed E-state index contributed by atoms with van der Waals surface area (Å²) in [5, 5.41) is 2.80. The molecule has 144 valence electrons. The number of carbonyl (C=O) groups is 2. The summed E-state index contributed by atoms with van der Waals surface area (Å²) < 4.78 is 38.1. The molecule has 1 fully saturated rings. The number of amides is 2. The molecule has 1 aliphatic heterocycles. The Kier molecular flexibility index (Phi) is 6.57. The van der Waals surface area contributed by atoms with Gasteiger partial charge in [-0.1, -0.05) is 6.92 Å². The van der Waals surface area contributed by atoms with Gasteiger partial charge in [-0.2, -0.15) is 13.2 Å². The molecule has 2 rings (SSSR count). The van der Waals surface area contributed by atoms with Gasteiger partial charge < -0.3 is 10.2 Å². The third kappa shape index (κ3) is 5.17. The Balaban J connectivity index is 1.93. The topological polar surface area (TPSA) is 65.5 Å². The van der Waals surface area contributed by atoms with Crippen molar-refractivity contribution in [3.63, 3.8) is 0 Å². The van der Waals surface area contributed by atoms with Crippen LogP contribution in [0.5, 0.6) is 0 Å². The molecule has 1 aromatic heterocycles. The number of alkyl halides is 3. The number of nitrogens with one attached hydrogen (secondary N) is 1. The lowest BCUT2D eigenvalue weighted by atomic mass is 10.1. The average Bonchev–Trinajstić information content (AvgIpc) is 2.59. The molecule has 1 aliphatic rings. The van der Waals surface area contributed by atoms with E-state index in [2.05, 4.69) is 10.3 Å². The largest absolute Gasteiger partial charge is 0.433 e. The molecular formula is C17H23F3N4O2. The van der Waals surface area contributed by atoms with E-state index in [0.717, 1.165) is 12.5 Å². The molecule has 9 heteroatoms. The smallest absolute Gasteiger partial charge is 0.355 e. The van der Waals surface area contributed by atoms with Crippen LogP contribution in [-0.2, 0) is 11.0 Å². The fraction of sp³-hybridized carbons (Fsp3) is 0.588. The van der Waals surface area contributed by atoms with Crippen molar-refractivity contribution in [3.8, 4) is 0 Å². The van der Waals surface area contributed by atoms with Gasteiger partial charge in [0.15, 0.2) is 0 Å². The maximum absolute atomic E-state index is 12.7. The summed E-state index contributed by atoms with van der Waals surface area (Å²) in [5.41, 5.74) is -0.771. The van der Waals surface area contributed by atoms with E-state index in [1.807, 2.05) is 11.8 Å². The van der Waals surface area contributed by atoms with E-state index in [-0.39, 0.29) is 29.6 Å². The summed E-state index contributed by atoms with van der Waals surface area (Å²) in [6.07, 6.45) is -3.66. The van der Waals surface area contributed by atoms with Gasteiger partial charge in [-0.15, -0.1) is 0 Å². The Morgan fingerprint density at radius 3 is 2.38 bits per heavy atom. The van der Waals surface area contributed by atoms with Crippen molar-refractivity contribution in [1.82, 2.24) is 20.1 Å². The third-order valence-corrected chi connectivity index (χ3v) is 4.21. The standard InChI is InChI=1S/C17H23F3N4O2/c1-3-6-21-15(25)11-23-7-9-24(10-8-23)16(26)13-4-5-14(17(18,19)20)22-12(13)2/h4-5H,3,6-11H2,1-2H3,(H,21,25). The minimum Gasteiger partial charge on any atom is -0.355 e. The highest BCUT2D eigenvalue weighted by atomic mass is 19.4. The number of aryl methyl sites for hydroxylation is 1. The van der Waals surface area contributed by atoms with Crippen molar-refractivity contribution in [2.75, 3.05) is 39.3 Å². The quantitative estimate of drug-likeness (QED) is 0.854. The molecule has 2 amide bonds. The average molecular weight is 372 g/mol. The van der Waals surface area contributed by atoms with Gasteiger partial charge in [0.2, 0.25) is 5.91 Å². The molecule has 0 bridgehead atoms. The highest BCUT2D eigenvalue weighted by molar-refractivity contribution is 5.95. The Hall–Kier alpha value is -2.16. The van der Waals surface area contributed by atoms with Gasteiger partial charge in [0.25, 0.3) is 5.91 Å². The van der Waals surface area contributed by atoms with Gasteiger partial charge in [-0.25, -0.2) is 4.98 Å². The van der Waals surface area contributed by atoms with Gasteiger partial charge in [0.05, 0.1) is 17.8 Å². The van der Waals surface area contributed by atoms with Crippen LogP contribution in [-0.4, -0.2) is 65.9 Å². The van der Waals surface area contributed by atoms with Crippen LogP contribution in [0.1, 0.15) is 35.1 Å². The van der Waals surface area contributed by atoms with Crippen LogP contribution in [0.2, 0.25) is 0 Å². The number of carbonyl (C=O) groups excluding carboxylic acids is 2. The van der Waals surface area contributed by atoms with Gasteiger partial charge in [-0.3, -0.25) is 14.5 Å². The highest BCUT2D eigenvalue weighted by Crippen LogP contribution is 2.28. The van der Waals surface area contributed by atoms with Crippen molar-refractivity contribution in [2.24, 2.45) is 0 Å². The lowest BCUT2D eigenvalue weighted by Gasteiger charge is -2.34. The van der Waals surface area contributed by atoms with E-state index in [1.54, 1.807) is 4.90 Å². The van der Waals surface area contributed by atoms with Crippen LogP contribution in [0.25, 0.3) is 0 Å². The van der Waals surface area contributed by atoms with Crippen molar-refractivity contribution >= 4 is 11.8 Å². The molecular weight excluding hydrogens is 349 g/mol. The van der Waals surface area contributed by atoms with Crippen LogP contribution in [0, 0.1) is 6.92 Å². The SMILES string of the molecule is CCCNC(=O)CN1CCN(C(=O)c2ccc(C(F)(F)F)nc2C)CC1. The summed E-state index contributed by atoms with van der Waals surface area (Å²) in [6.45, 7) is 6.21. The van der Waals surface area contributed by atoms with Crippen molar-refractivity contribution in [1.29, 1.82) is 0 Å². The van der Waals surface area contributed by atoms with Crippen LogP contribution in [0.15, 0.2) is 12.1 Å². The maximum Gasteiger partial charge on any atom is 0.433 e. The number of pyridine rings is 1. The van der Waals surface area contributed by atoms with Crippen molar-refractivity contribution in [2.45, 2.75) is 26.4 Å². The molecule has 26 heavy (non-hydrogen) atoms. The summed E-state index contributed by atoms with van der Waals surface area (Å²) in [7, 11) is 0. The first-order chi connectivity index (χ1) is 12.2. The van der Waals surface area contributed by atoms with Gasteiger partial charge >= 0.3 is 6.18 Å². The molecule has 0 aromatic carbocycles. The molecule has 0 radical (unpaired) electrons.